The van der Waals surface area contributed by atoms with Crippen molar-refractivity contribution in [3.8, 4) is 0 Å². The highest BCUT2D eigenvalue weighted by Gasteiger charge is 2.32. The summed E-state index contributed by atoms with van der Waals surface area (Å²) in [4.78, 5) is 7.42. The molecular weight excluding hydrogens is 298 g/mol. The van der Waals surface area contributed by atoms with Gasteiger partial charge in [-0.25, -0.2) is 4.98 Å². The van der Waals surface area contributed by atoms with Gasteiger partial charge in [0.1, 0.15) is 5.82 Å². The number of aliphatic hydroxyl groups excluding tert-OH is 1. The molecule has 4 nitrogen and oxygen atoms in total. The summed E-state index contributed by atoms with van der Waals surface area (Å²) in [7, 11) is 2.18. The number of benzene rings is 1. The molecule has 1 fully saturated rings. The van der Waals surface area contributed by atoms with Crippen molar-refractivity contribution in [1.29, 1.82) is 0 Å². The molecule has 2 aliphatic rings. The highest BCUT2D eigenvalue weighted by molar-refractivity contribution is 5.22. The summed E-state index contributed by atoms with van der Waals surface area (Å²) >= 11 is 0. The van der Waals surface area contributed by atoms with Crippen molar-refractivity contribution in [3.63, 3.8) is 0 Å². The molecule has 0 bridgehead atoms. The second kappa shape index (κ2) is 6.69. The number of aliphatic hydroxyl groups is 1. The summed E-state index contributed by atoms with van der Waals surface area (Å²) in [6.07, 6.45) is 6.74. The Morgan fingerprint density at radius 2 is 1.96 bits per heavy atom. The molecule has 4 heteroatoms. The minimum atomic E-state index is -0.429. The molecule has 2 atom stereocenters. The van der Waals surface area contributed by atoms with Gasteiger partial charge in [0.2, 0.25) is 0 Å². The quantitative estimate of drug-likeness (QED) is 0.939. The Balaban J connectivity index is 1.54. The van der Waals surface area contributed by atoms with Crippen LogP contribution in [0.15, 0.2) is 30.3 Å². The number of hydrogen-bond acceptors (Lipinski definition) is 3. The van der Waals surface area contributed by atoms with Crippen molar-refractivity contribution >= 4 is 0 Å². The van der Waals surface area contributed by atoms with E-state index in [1.54, 1.807) is 0 Å². The molecule has 1 saturated heterocycles. The number of aromatic nitrogens is 2. The third kappa shape index (κ3) is 2.89. The zero-order valence-electron chi connectivity index (χ0n) is 14.5. The lowest BCUT2D eigenvalue weighted by Gasteiger charge is -2.26. The molecule has 1 N–H and O–H groups in total. The van der Waals surface area contributed by atoms with E-state index in [-0.39, 0.29) is 0 Å². The van der Waals surface area contributed by atoms with Gasteiger partial charge in [-0.05, 0) is 50.6 Å². The van der Waals surface area contributed by atoms with Crippen molar-refractivity contribution in [1.82, 2.24) is 14.5 Å². The Morgan fingerprint density at radius 3 is 2.75 bits per heavy atom. The highest BCUT2D eigenvalue weighted by atomic mass is 16.3. The first-order chi connectivity index (χ1) is 11.7. The molecule has 0 amide bonds. The monoisotopic (exact) mass is 325 g/mol. The number of likely N-dealkylation sites (tertiary alicyclic amines) is 1. The molecule has 24 heavy (non-hydrogen) atoms. The standard InChI is InChI=1S/C20H27N3O/c1-22-17-11-6-5-10-16(17)21-20(22)18-12-7-13-23(18)14-19(24)15-8-3-2-4-9-15/h2-4,8-9,18-19,24H,5-7,10-14H2,1H3. The van der Waals surface area contributed by atoms with Gasteiger partial charge in [0.15, 0.2) is 0 Å². The van der Waals surface area contributed by atoms with Gasteiger partial charge in [0, 0.05) is 19.3 Å². The zero-order valence-corrected chi connectivity index (χ0v) is 14.5. The predicted octanol–water partition coefficient (Wildman–Crippen LogP) is 3.17. The Morgan fingerprint density at radius 1 is 1.17 bits per heavy atom. The van der Waals surface area contributed by atoms with Crippen LogP contribution in [0.4, 0.5) is 0 Å². The summed E-state index contributed by atoms with van der Waals surface area (Å²) in [6.45, 7) is 1.73. The fourth-order valence-electron chi connectivity index (χ4n) is 4.34. The normalized spacial score (nSPS) is 22.5. The second-order valence-electron chi connectivity index (χ2n) is 7.21. The van der Waals surface area contributed by atoms with Crippen LogP contribution < -0.4 is 0 Å². The van der Waals surface area contributed by atoms with Gasteiger partial charge >= 0.3 is 0 Å². The average Bonchev–Trinajstić information content (AvgIpc) is 3.20. The largest absolute Gasteiger partial charge is 0.387 e. The molecule has 1 aliphatic carbocycles. The van der Waals surface area contributed by atoms with E-state index in [0.717, 1.165) is 31.4 Å². The van der Waals surface area contributed by atoms with Gasteiger partial charge < -0.3 is 9.67 Å². The molecular formula is C20H27N3O. The van der Waals surface area contributed by atoms with Crippen LogP contribution in [0.1, 0.15) is 60.6 Å². The summed E-state index contributed by atoms with van der Waals surface area (Å²) in [5, 5.41) is 10.6. The average molecular weight is 325 g/mol. The zero-order chi connectivity index (χ0) is 16.5. The van der Waals surface area contributed by atoms with Crippen LogP contribution in [0.5, 0.6) is 0 Å². The van der Waals surface area contributed by atoms with Crippen molar-refractivity contribution in [2.24, 2.45) is 7.05 Å². The maximum absolute atomic E-state index is 10.6. The second-order valence-corrected chi connectivity index (χ2v) is 7.21. The van der Waals surface area contributed by atoms with Gasteiger partial charge in [0.05, 0.1) is 17.8 Å². The van der Waals surface area contributed by atoms with Crippen LogP contribution in [0.3, 0.4) is 0 Å². The number of nitrogens with zero attached hydrogens (tertiary/aromatic N) is 3. The summed E-state index contributed by atoms with van der Waals surface area (Å²) < 4.78 is 2.34. The van der Waals surface area contributed by atoms with E-state index in [1.807, 2.05) is 30.3 Å². The van der Waals surface area contributed by atoms with Gasteiger partial charge in [-0.3, -0.25) is 4.90 Å². The Labute approximate surface area is 144 Å². The van der Waals surface area contributed by atoms with Crippen molar-refractivity contribution in [2.75, 3.05) is 13.1 Å². The fraction of sp³-hybridized carbons (Fsp3) is 0.550. The molecule has 1 aromatic heterocycles. The lowest BCUT2D eigenvalue weighted by molar-refractivity contribution is 0.103. The highest BCUT2D eigenvalue weighted by Crippen LogP contribution is 2.35. The first kappa shape index (κ1) is 15.9. The number of hydrogen-bond donors (Lipinski definition) is 1. The summed E-state index contributed by atoms with van der Waals surface area (Å²) in [5.41, 5.74) is 3.75. The minimum absolute atomic E-state index is 0.346. The summed E-state index contributed by atoms with van der Waals surface area (Å²) in [5.74, 6) is 1.21. The minimum Gasteiger partial charge on any atom is -0.387 e. The van der Waals surface area contributed by atoms with Crippen LogP contribution in [0.25, 0.3) is 0 Å². The van der Waals surface area contributed by atoms with Crippen LogP contribution in [0, 0.1) is 0 Å². The van der Waals surface area contributed by atoms with Crippen LogP contribution in [-0.4, -0.2) is 32.6 Å². The predicted molar refractivity (Wildman–Crippen MR) is 94.8 cm³/mol. The van der Waals surface area contributed by atoms with Crippen LogP contribution >= 0.6 is 0 Å². The van der Waals surface area contributed by atoms with Gasteiger partial charge in [0.25, 0.3) is 0 Å². The van der Waals surface area contributed by atoms with Crippen LogP contribution in [-0.2, 0) is 19.9 Å². The van der Waals surface area contributed by atoms with E-state index < -0.39 is 6.10 Å². The van der Waals surface area contributed by atoms with Gasteiger partial charge in [-0.2, -0.15) is 0 Å². The smallest absolute Gasteiger partial charge is 0.126 e. The molecule has 1 aromatic carbocycles. The van der Waals surface area contributed by atoms with E-state index in [2.05, 4.69) is 16.5 Å². The molecule has 0 saturated carbocycles. The molecule has 0 spiro atoms. The molecule has 4 rings (SSSR count). The van der Waals surface area contributed by atoms with E-state index in [1.165, 1.54) is 36.5 Å². The Kier molecular flexibility index (Phi) is 4.42. The molecule has 2 aromatic rings. The van der Waals surface area contributed by atoms with Crippen molar-refractivity contribution < 1.29 is 5.11 Å². The number of aryl methyl sites for hydroxylation is 1. The third-order valence-corrected chi connectivity index (χ3v) is 5.66. The van der Waals surface area contributed by atoms with E-state index in [0.29, 0.717) is 12.6 Å². The van der Waals surface area contributed by atoms with E-state index >= 15 is 0 Å². The molecule has 2 heterocycles. The van der Waals surface area contributed by atoms with Gasteiger partial charge in [-0.15, -0.1) is 0 Å². The molecule has 2 unspecified atom stereocenters. The lowest BCUT2D eigenvalue weighted by Crippen LogP contribution is -2.30. The first-order valence-corrected chi connectivity index (χ1v) is 9.25. The maximum atomic E-state index is 10.6. The SMILES string of the molecule is Cn1c(C2CCCN2CC(O)c2ccccc2)nc2c1CCCC2. The molecule has 1 aliphatic heterocycles. The Hall–Kier alpha value is -1.65. The molecule has 128 valence electrons. The number of rotatable bonds is 4. The number of β-amino-alcohol motifs (C(OH)–C–C–N with tert-alkyl or cyclic N) is 1. The van der Waals surface area contributed by atoms with E-state index in [9.17, 15) is 5.11 Å². The van der Waals surface area contributed by atoms with Crippen molar-refractivity contribution in [2.45, 2.75) is 50.7 Å². The van der Waals surface area contributed by atoms with Crippen LogP contribution in [0.2, 0.25) is 0 Å². The Bertz CT molecular complexity index is 694. The first-order valence-electron chi connectivity index (χ1n) is 9.25. The maximum Gasteiger partial charge on any atom is 0.126 e. The lowest BCUT2D eigenvalue weighted by atomic mass is 10.0. The number of fused-ring (bicyclic) bond motifs is 1. The molecule has 0 radical (unpaired) electrons. The topological polar surface area (TPSA) is 41.3 Å². The van der Waals surface area contributed by atoms with Gasteiger partial charge in [-0.1, -0.05) is 30.3 Å². The fourth-order valence-corrected chi connectivity index (χ4v) is 4.34. The third-order valence-electron chi connectivity index (χ3n) is 5.66. The van der Waals surface area contributed by atoms with Crippen molar-refractivity contribution in [3.05, 3.63) is 53.1 Å². The number of imidazole rings is 1. The summed E-state index contributed by atoms with van der Waals surface area (Å²) in [6, 6.07) is 10.3. The van der Waals surface area contributed by atoms with E-state index in [4.69, 9.17) is 4.98 Å².